The standard InChI is InChI=1S/C44H56N7O22P3S2/c45-40-26(22-51(43(60)50-40)38-21-34(52)35(71-38)24-70-75(65,66)73-76(67,68)72-74(62,63)64)9-8-19-46-36(53)17-20-77-78-25-33(41(57)47-18-7-1-2-14-37(54)48-32(42(58)59)15-16-39(55)56)49-44(61)69-23-31-29-12-5-3-10-27(29)28-11-4-6-13-30(28)31/h3-6,10-13,22,31-35,38,52H,1-2,7,14-21,23-25H2,(H,46,53)(H,47,57)(H,48,54)(H,49,61)(H,55,56)(H,58,59)(H,65,66)(H,67,68)(H2,45,50,60)(H2,62,63,64)/t32?,33?,34-,35-,38-/m1/s1. The number of fused-ring (bicyclic) bond motifs is 3. The number of hydrogen-bond donors (Lipinski definition) is 12. The van der Waals surface area contributed by atoms with Crippen molar-refractivity contribution in [3.63, 3.8) is 0 Å². The van der Waals surface area contributed by atoms with Gasteiger partial charge in [-0.2, -0.15) is 13.6 Å². The molecule has 4 amide bonds. The van der Waals surface area contributed by atoms with Crippen molar-refractivity contribution in [1.29, 1.82) is 0 Å². The van der Waals surface area contributed by atoms with E-state index in [4.69, 9.17) is 30.1 Å². The van der Waals surface area contributed by atoms with E-state index in [1.54, 1.807) is 0 Å². The normalized spacial score (nSPS) is 18.1. The van der Waals surface area contributed by atoms with Crippen molar-refractivity contribution in [1.82, 2.24) is 30.8 Å². The van der Waals surface area contributed by atoms with Crippen LogP contribution in [0.3, 0.4) is 0 Å². The first-order chi connectivity index (χ1) is 36.8. The van der Waals surface area contributed by atoms with Crippen molar-refractivity contribution in [2.24, 2.45) is 0 Å². The number of nitrogens with one attached hydrogen (secondary N) is 4. The summed E-state index contributed by atoms with van der Waals surface area (Å²) >= 11 is 0. The van der Waals surface area contributed by atoms with Crippen molar-refractivity contribution >= 4 is 86.6 Å². The fraction of sp³-hybridized carbons (Fsp3) is 0.455. The molecule has 7 atom stereocenters. The number of rotatable bonds is 30. The molecule has 13 N–H and O–H groups in total. The highest BCUT2D eigenvalue weighted by molar-refractivity contribution is 8.76. The number of nitrogens with two attached hydrogens (primary N) is 1. The first kappa shape index (κ1) is 63.2. The van der Waals surface area contributed by atoms with Crippen LogP contribution in [-0.2, 0) is 60.3 Å². The molecule has 2 aromatic carbocycles. The molecule has 1 saturated heterocycles. The van der Waals surface area contributed by atoms with Crippen LogP contribution in [0.5, 0.6) is 0 Å². The van der Waals surface area contributed by atoms with Crippen molar-refractivity contribution in [2.75, 3.05) is 43.5 Å². The average molecular weight is 1190 g/mol. The molecule has 78 heavy (non-hydrogen) atoms. The number of aromatic nitrogens is 2. The van der Waals surface area contributed by atoms with Crippen molar-refractivity contribution in [3.05, 3.63) is 81.9 Å². The van der Waals surface area contributed by atoms with Crippen LogP contribution in [0.25, 0.3) is 11.1 Å². The summed E-state index contributed by atoms with van der Waals surface area (Å²) in [6.07, 6.45) is -3.66. The molecule has 3 aromatic rings. The first-order valence-corrected chi connectivity index (χ1v) is 30.5. The Kier molecular flexibility index (Phi) is 23.9. The smallest absolute Gasteiger partial charge is 0.481 e. The predicted octanol–water partition coefficient (Wildman–Crippen LogP) is 2.07. The zero-order chi connectivity index (χ0) is 57.2. The van der Waals surface area contributed by atoms with Gasteiger partial charge in [-0.15, -0.1) is 0 Å². The number of hydrogen-bond acceptors (Lipinski definition) is 20. The largest absolute Gasteiger partial charge is 0.490 e. The van der Waals surface area contributed by atoms with Crippen LogP contribution < -0.4 is 32.7 Å². The van der Waals surface area contributed by atoms with Gasteiger partial charge in [-0.25, -0.2) is 28.1 Å². The van der Waals surface area contributed by atoms with Gasteiger partial charge in [0, 0.05) is 55.8 Å². The van der Waals surface area contributed by atoms with E-state index in [9.17, 15) is 67.3 Å². The van der Waals surface area contributed by atoms with Crippen LogP contribution >= 0.6 is 45.1 Å². The van der Waals surface area contributed by atoms with Crippen LogP contribution in [0, 0.1) is 11.8 Å². The molecule has 1 aromatic heterocycles. The molecule has 0 radical (unpaired) electrons. The summed E-state index contributed by atoms with van der Waals surface area (Å²) in [5, 5.41) is 38.9. The Bertz CT molecular complexity index is 2890. The number of phosphoric ester groups is 1. The third kappa shape index (κ3) is 20.5. The molecule has 5 rings (SSSR count). The number of benzene rings is 2. The number of unbranched alkanes of at least 4 members (excludes halogenated alkanes) is 2. The van der Waals surface area contributed by atoms with Gasteiger partial charge >= 0.3 is 47.2 Å². The Balaban J connectivity index is 1.08. The maximum absolute atomic E-state index is 13.4. The summed E-state index contributed by atoms with van der Waals surface area (Å²) in [4.78, 5) is 127. The van der Waals surface area contributed by atoms with Crippen molar-refractivity contribution < 1.29 is 100.0 Å². The van der Waals surface area contributed by atoms with Gasteiger partial charge in [0.25, 0.3) is 0 Å². The minimum Gasteiger partial charge on any atom is -0.481 e. The molecule has 1 aliphatic heterocycles. The van der Waals surface area contributed by atoms with Gasteiger partial charge in [0.2, 0.25) is 17.7 Å². The number of phosphoric acid groups is 3. The topological polar surface area (TPSA) is 450 Å². The quantitative estimate of drug-likeness (QED) is 0.0197. The summed E-state index contributed by atoms with van der Waals surface area (Å²) < 4.78 is 58.5. The highest BCUT2D eigenvalue weighted by atomic mass is 33.1. The average Bonchev–Trinajstić information content (AvgIpc) is 3.91. The van der Waals surface area contributed by atoms with Gasteiger partial charge in [-0.05, 0) is 41.5 Å². The molecule has 426 valence electrons. The van der Waals surface area contributed by atoms with Crippen molar-refractivity contribution in [2.45, 2.75) is 87.8 Å². The van der Waals surface area contributed by atoms with Gasteiger partial charge in [0.1, 0.15) is 36.8 Å². The number of alkyl carbamates (subject to hydrolysis) is 1. The minimum absolute atomic E-state index is 0.000441. The van der Waals surface area contributed by atoms with Crippen LogP contribution in [-0.4, -0.2) is 142 Å². The second-order valence-electron chi connectivity index (χ2n) is 17.0. The van der Waals surface area contributed by atoms with Crippen LogP contribution in [0.15, 0.2) is 59.5 Å². The third-order valence-corrected chi connectivity index (χ3v) is 17.5. The van der Waals surface area contributed by atoms with Crippen LogP contribution in [0.1, 0.15) is 80.2 Å². The number of anilines is 1. The number of amides is 4. The van der Waals surface area contributed by atoms with Gasteiger partial charge < -0.3 is 71.4 Å². The lowest BCUT2D eigenvalue weighted by Gasteiger charge is -2.19. The molecule has 2 aliphatic rings. The predicted molar refractivity (Wildman–Crippen MR) is 277 cm³/mol. The van der Waals surface area contributed by atoms with E-state index in [-0.39, 0.29) is 74.2 Å². The maximum Gasteiger partial charge on any atom is 0.490 e. The van der Waals surface area contributed by atoms with Gasteiger partial charge in [-0.1, -0.05) is 88.4 Å². The number of aliphatic hydroxyl groups is 1. The number of ether oxygens (including phenoxy) is 2. The van der Waals surface area contributed by atoms with E-state index in [0.717, 1.165) is 33.0 Å². The molecule has 4 unspecified atom stereocenters. The molecular formula is C44H56N7O22P3S2. The summed E-state index contributed by atoms with van der Waals surface area (Å²) in [6.45, 7) is -1.01. The number of carbonyl (C=O) groups excluding carboxylic acids is 4. The molecule has 0 spiro atoms. The summed E-state index contributed by atoms with van der Waals surface area (Å²) in [6, 6.07) is 13.1. The minimum atomic E-state index is -5.81. The molecule has 0 bridgehead atoms. The number of aliphatic carboxylic acids is 2. The van der Waals surface area contributed by atoms with Gasteiger partial charge in [0.15, 0.2) is 0 Å². The fourth-order valence-corrected chi connectivity index (χ4v) is 12.8. The Labute approximate surface area is 451 Å². The number of carboxylic acid groups (broad SMARTS) is 2. The molecule has 1 aliphatic carbocycles. The second-order valence-corrected chi connectivity index (χ2v) is 24.0. The van der Waals surface area contributed by atoms with Crippen LogP contribution in [0.4, 0.5) is 10.6 Å². The maximum atomic E-state index is 13.4. The van der Waals surface area contributed by atoms with Crippen LogP contribution in [0.2, 0.25) is 0 Å². The molecule has 34 heteroatoms. The molecule has 29 nitrogen and oxygen atoms in total. The first-order valence-electron chi connectivity index (χ1n) is 23.4. The fourth-order valence-electron chi connectivity index (χ4n) is 7.65. The highest BCUT2D eigenvalue weighted by Gasteiger charge is 2.43. The lowest BCUT2D eigenvalue weighted by molar-refractivity contribution is -0.143. The van der Waals surface area contributed by atoms with E-state index < -0.39 is 108 Å². The SMILES string of the molecule is Nc1nc(=O)n([C@H]2C[C@@H](O)[C@@H](COP(=O)(O)OP(=O)(O)OP(=O)(O)O)O2)cc1C#CCNC(=O)CCSSCC(NC(=O)OCC1c2ccccc2-c2ccccc21)C(=O)NCCCCCC(=O)NC(CCC(=O)O)C(=O)O. The lowest BCUT2D eigenvalue weighted by Crippen LogP contribution is -2.48. The van der Waals surface area contributed by atoms with Gasteiger partial charge in [0.05, 0.1) is 24.8 Å². The van der Waals surface area contributed by atoms with E-state index in [2.05, 4.69) is 51.2 Å². The highest BCUT2D eigenvalue weighted by Crippen LogP contribution is 2.66. The summed E-state index contributed by atoms with van der Waals surface area (Å²) in [5.41, 5.74) is 8.98. The van der Waals surface area contributed by atoms with E-state index in [0.29, 0.717) is 19.3 Å². The third-order valence-electron chi connectivity index (χ3n) is 11.3. The Hall–Kier alpha value is -5.67. The monoisotopic (exact) mass is 1190 g/mol. The number of aliphatic hydroxyl groups excluding tert-OH is 1. The Morgan fingerprint density at radius 3 is 2.17 bits per heavy atom. The summed E-state index contributed by atoms with van der Waals surface area (Å²) in [5.74, 6) is 1.08. The van der Waals surface area contributed by atoms with Crippen molar-refractivity contribution in [3.8, 4) is 23.0 Å². The zero-order valence-electron chi connectivity index (χ0n) is 40.9. The molecule has 0 saturated carbocycles. The number of nitrogens with zero attached hydrogens (tertiary/aromatic N) is 2. The van der Waals surface area contributed by atoms with Gasteiger partial charge in [-0.3, -0.25) is 28.3 Å². The van der Waals surface area contributed by atoms with E-state index in [1.807, 2.05) is 48.5 Å². The second kappa shape index (κ2) is 29.5. The van der Waals surface area contributed by atoms with E-state index >= 15 is 0 Å². The number of nitrogen functional groups attached to an aromatic ring is 1. The molecule has 2 heterocycles. The zero-order valence-corrected chi connectivity index (χ0v) is 45.3. The molecule has 1 fully saturated rings. The molecular weight excluding hydrogens is 1140 g/mol. The number of carboxylic acids is 2. The Morgan fingerprint density at radius 2 is 1.51 bits per heavy atom. The van der Waals surface area contributed by atoms with E-state index in [1.165, 1.54) is 21.6 Å². The summed E-state index contributed by atoms with van der Waals surface area (Å²) in [7, 11) is -14.5. The Morgan fingerprint density at radius 1 is 0.833 bits per heavy atom. The lowest BCUT2D eigenvalue weighted by atomic mass is 9.98. The number of carbonyl (C=O) groups is 6.